The van der Waals surface area contributed by atoms with E-state index in [-0.39, 0.29) is 0 Å². The van der Waals surface area contributed by atoms with Crippen LogP contribution in [-0.2, 0) is 0 Å². The third-order valence-electron chi connectivity index (χ3n) is 2.94. The summed E-state index contributed by atoms with van der Waals surface area (Å²) in [7, 11) is 0. The molecule has 0 amide bonds. The lowest BCUT2D eigenvalue weighted by Gasteiger charge is -2.24. The maximum absolute atomic E-state index is 2.60. The van der Waals surface area contributed by atoms with Crippen LogP contribution >= 0.6 is 0 Å². The third-order valence-corrected chi connectivity index (χ3v) is 2.94. The molecule has 1 heteroatoms. The van der Waals surface area contributed by atoms with E-state index in [1.54, 1.807) is 5.70 Å². The highest BCUT2D eigenvalue weighted by molar-refractivity contribution is 5.09. The van der Waals surface area contributed by atoms with E-state index in [1.165, 1.54) is 38.6 Å². The average molecular weight is 151 g/mol. The molecule has 0 aromatic carbocycles. The van der Waals surface area contributed by atoms with Gasteiger partial charge in [0.15, 0.2) is 0 Å². The smallest absolute Gasteiger partial charge is 0.0259 e. The van der Waals surface area contributed by atoms with Gasteiger partial charge >= 0.3 is 0 Å². The molecular weight excluding hydrogens is 134 g/mol. The molecule has 1 heterocycles. The van der Waals surface area contributed by atoms with Crippen molar-refractivity contribution in [3.63, 3.8) is 0 Å². The van der Waals surface area contributed by atoms with Crippen molar-refractivity contribution in [2.75, 3.05) is 6.54 Å². The van der Waals surface area contributed by atoms with Crippen molar-refractivity contribution in [2.45, 2.75) is 45.1 Å². The summed E-state index contributed by atoms with van der Waals surface area (Å²) in [5, 5.41) is 0. The van der Waals surface area contributed by atoms with Crippen LogP contribution in [0.15, 0.2) is 11.8 Å². The molecule has 2 aliphatic rings. The van der Waals surface area contributed by atoms with E-state index in [0.717, 1.165) is 6.04 Å². The zero-order chi connectivity index (χ0) is 7.68. The van der Waals surface area contributed by atoms with E-state index in [0.29, 0.717) is 0 Å². The minimum Gasteiger partial charge on any atom is -0.372 e. The standard InChI is InChI=1S/C10H17N/c1-9-5-4-8-11(9)10-6-2-3-7-10/h6,9H,2-5,7-8H2,1H3/t9-/m1/s1. The Hall–Kier alpha value is -0.460. The molecule has 2 rings (SSSR count). The fraction of sp³-hybridized carbons (Fsp3) is 0.800. The number of hydrogen-bond donors (Lipinski definition) is 0. The Bertz CT molecular complexity index is 172. The topological polar surface area (TPSA) is 3.24 Å². The van der Waals surface area contributed by atoms with Crippen LogP contribution in [0.3, 0.4) is 0 Å². The Balaban J connectivity index is 2.03. The first-order chi connectivity index (χ1) is 5.38. The van der Waals surface area contributed by atoms with Crippen molar-refractivity contribution in [3.05, 3.63) is 11.8 Å². The predicted molar refractivity (Wildman–Crippen MR) is 47.3 cm³/mol. The molecule has 1 atom stereocenters. The molecule has 1 nitrogen and oxygen atoms in total. The summed E-state index contributed by atoms with van der Waals surface area (Å²) in [5.41, 5.74) is 1.63. The van der Waals surface area contributed by atoms with Gasteiger partial charge < -0.3 is 4.90 Å². The average Bonchev–Trinajstić information content (AvgIpc) is 2.55. The SMILES string of the molecule is C[C@@H]1CCCN1C1=CCCC1. The molecule has 11 heavy (non-hydrogen) atoms. The lowest BCUT2D eigenvalue weighted by atomic mass is 10.2. The fourth-order valence-electron chi connectivity index (χ4n) is 2.27. The highest BCUT2D eigenvalue weighted by atomic mass is 15.2. The number of likely N-dealkylation sites (tertiary alicyclic amines) is 1. The monoisotopic (exact) mass is 151 g/mol. The maximum atomic E-state index is 2.60. The Morgan fingerprint density at radius 2 is 2.36 bits per heavy atom. The second kappa shape index (κ2) is 2.88. The highest BCUT2D eigenvalue weighted by Gasteiger charge is 2.22. The molecule has 0 aromatic heterocycles. The lowest BCUT2D eigenvalue weighted by molar-refractivity contribution is 0.332. The molecule has 0 radical (unpaired) electrons. The quantitative estimate of drug-likeness (QED) is 0.556. The molecule has 1 fully saturated rings. The van der Waals surface area contributed by atoms with Crippen molar-refractivity contribution >= 4 is 0 Å². The van der Waals surface area contributed by atoms with Gasteiger partial charge in [-0.15, -0.1) is 0 Å². The third kappa shape index (κ3) is 1.29. The van der Waals surface area contributed by atoms with Gasteiger partial charge in [0.25, 0.3) is 0 Å². The minimum atomic E-state index is 0.819. The number of allylic oxidation sites excluding steroid dienone is 2. The number of nitrogens with zero attached hydrogens (tertiary/aromatic N) is 1. The van der Waals surface area contributed by atoms with Crippen LogP contribution in [-0.4, -0.2) is 17.5 Å². The Labute approximate surface area is 69.1 Å². The van der Waals surface area contributed by atoms with Gasteiger partial charge in [0.2, 0.25) is 0 Å². The predicted octanol–water partition coefficient (Wildman–Crippen LogP) is 2.54. The van der Waals surface area contributed by atoms with E-state index in [4.69, 9.17) is 0 Å². The molecular formula is C10H17N. The van der Waals surface area contributed by atoms with Gasteiger partial charge in [-0.25, -0.2) is 0 Å². The van der Waals surface area contributed by atoms with Crippen LogP contribution in [0.5, 0.6) is 0 Å². The molecule has 0 saturated carbocycles. The maximum Gasteiger partial charge on any atom is 0.0259 e. The molecule has 1 saturated heterocycles. The van der Waals surface area contributed by atoms with Gasteiger partial charge in [0.1, 0.15) is 0 Å². The highest BCUT2D eigenvalue weighted by Crippen LogP contribution is 2.28. The second-order valence-corrected chi connectivity index (χ2v) is 3.77. The first-order valence-electron chi connectivity index (χ1n) is 4.83. The van der Waals surface area contributed by atoms with E-state index in [9.17, 15) is 0 Å². The van der Waals surface area contributed by atoms with Gasteiger partial charge in [-0.2, -0.15) is 0 Å². The normalized spacial score (nSPS) is 31.2. The van der Waals surface area contributed by atoms with Crippen molar-refractivity contribution in [3.8, 4) is 0 Å². The Morgan fingerprint density at radius 1 is 1.45 bits per heavy atom. The summed E-state index contributed by atoms with van der Waals surface area (Å²) in [6.45, 7) is 3.67. The largest absolute Gasteiger partial charge is 0.372 e. The number of rotatable bonds is 1. The fourth-order valence-corrected chi connectivity index (χ4v) is 2.27. The van der Waals surface area contributed by atoms with Crippen LogP contribution in [0.1, 0.15) is 39.0 Å². The molecule has 1 aliphatic carbocycles. The summed E-state index contributed by atoms with van der Waals surface area (Å²) >= 11 is 0. The first-order valence-corrected chi connectivity index (χ1v) is 4.83. The second-order valence-electron chi connectivity index (χ2n) is 3.77. The summed E-state index contributed by atoms with van der Waals surface area (Å²) < 4.78 is 0. The van der Waals surface area contributed by atoms with Crippen LogP contribution in [0.2, 0.25) is 0 Å². The lowest BCUT2D eigenvalue weighted by Crippen LogP contribution is -2.25. The van der Waals surface area contributed by atoms with Gasteiger partial charge in [-0.05, 0) is 39.0 Å². The van der Waals surface area contributed by atoms with Gasteiger partial charge in [-0.3, -0.25) is 0 Å². The van der Waals surface area contributed by atoms with Gasteiger partial charge in [0.05, 0.1) is 0 Å². The van der Waals surface area contributed by atoms with E-state index in [1.807, 2.05) is 0 Å². The van der Waals surface area contributed by atoms with Crippen molar-refractivity contribution in [2.24, 2.45) is 0 Å². The molecule has 0 bridgehead atoms. The van der Waals surface area contributed by atoms with E-state index >= 15 is 0 Å². The summed E-state index contributed by atoms with van der Waals surface area (Å²) in [6.07, 6.45) is 9.28. The Kier molecular flexibility index (Phi) is 1.89. The van der Waals surface area contributed by atoms with E-state index < -0.39 is 0 Å². The molecule has 0 unspecified atom stereocenters. The van der Waals surface area contributed by atoms with E-state index in [2.05, 4.69) is 17.9 Å². The van der Waals surface area contributed by atoms with Crippen molar-refractivity contribution in [1.82, 2.24) is 4.90 Å². The van der Waals surface area contributed by atoms with Crippen molar-refractivity contribution in [1.29, 1.82) is 0 Å². The summed E-state index contributed by atoms with van der Waals surface area (Å²) in [6, 6.07) is 0.819. The zero-order valence-electron chi connectivity index (χ0n) is 7.34. The van der Waals surface area contributed by atoms with Gasteiger partial charge in [0, 0.05) is 18.3 Å². The summed E-state index contributed by atoms with van der Waals surface area (Å²) in [4.78, 5) is 2.60. The number of hydrogen-bond acceptors (Lipinski definition) is 1. The zero-order valence-corrected chi connectivity index (χ0v) is 7.34. The molecule has 62 valence electrons. The molecule has 0 N–H and O–H groups in total. The molecule has 1 aliphatic heterocycles. The van der Waals surface area contributed by atoms with Crippen LogP contribution in [0.25, 0.3) is 0 Å². The molecule has 0 aromatic rings. The van der Waals surface area contributed by atoms with Crippen LogP contribution < -0.4 is 0 Å². The first kappa shape index (κ1) is 7.20. The Morgan fingerprint density at radius 3 is 2.91 bits per heavy atom. The minimum absolute atomic E-state index is 0.819. The molecule has 0 spiro atoms. The summed E-state index contributed by atoms with van der Waals surface area (Å²) in [5.74, 6) is 0. The van der Waals surface area contributed by atoms with Crippen LogP contribution in [0.4, 0.5) is 0 Å². The van der Waals surface area contributed by atoms with Crippen LogP contribution in [0, 0.1) is 0 Å². The van der Waals surface area contributed by atoms with Crippen molar-refractivity contribution < 1.29 is 0 Å². The van der Waals surface area contributed by atoms with Gasteiger partial charge in [-0.1, -0.05) is 6.08 Å².